The summed E-state index contributed by atoms with van der Waals surface area (Å²) in [5.41, 5.74) is 6.03. The number of rotatable bonds is 35. The zero-order valence-corrected chi connectivity index (χ0v) is 44.1. The van der Waals surface area contributed by atoms with Crippen LogP contribution in [0.15, 0.2) is 0 Å². The molecule has 0 aromatic heterocycles. The molecule has 28 nitrogen and oxygen atoms in total. The van der Waals surface area contributed by atoms with Gasteiger partial charge in [-0.2, -0.15) is 11.8 Å². The first kappa shape index (κ1) is 67.4. The summed E-state index contributed by atoms with van der Waals surface area (Å²) < 4.78 is 0. The average molecular weight is 1080 g/mol. The largest absolute Gasteiger partial charge is 0.481 e. The van der Waals surface area contributed by atoms with Crippen molar-refractivity contribution < 1.29 is 87.9 Å². The van der Waals surface area contributed by atoms with E-state index in [9.17, 15) is 82.8 Å². The highest BCUT2D eigenvalue weighted by Crippen LogP contribution is 2.12. The molecule has 0 heterocycles. The van der Waals surface area contributed by atoms with Crippen molar-refractivity contribution in [2.75, 3.05) is 18.6 Å². The first-order chi connectivity index (χ1) is 34.3. The minimum atomic E-state index is -2.01. The summed E-state index contributed by atoms with van der Waals surface area (Å²) in [5, 5.41) is 68.1. The molecule has 0 aromatic rings. The molecule has 10 atom stereocenters. The lowest BCUT2D eigenvalue weighted by Gasteiger charge is -2.29. The number of nitrogens with one attached hydrogen (secondary N) is 9. The molecule has 16 N–H and O–H groups in total. The van der Waals surface area contributed by atoms with Gasteiger partial charge in [-0.05, 0) is 61.9 Å². The molecule has 0 aliphatic carbocycles. The van der Waals surface area contributed by atoms with E-state index in [0.29, 0.717) is 6.42 Å². The predicted octanol–water partition coefficient (Wildman–Crippen LogP) is -3.64. The second kappa shape index (κ2) is 33.2. The van der Waals surface area contributed by atoms with E-state index < -0.39 is 175 Å². The molecule has 0 rings (SSSR count). The fourth-order valence-corrected chi connectivity index (χ4v) is 7.23. The Morgan fingerprint density at radius 3 is 1.19 bits per heavy atom. The van der Waals surface area contributed by atoms with Crippen molar-refractivity contribution in [2.24, 2.45) is 29.4 Å². The van der Waals surface area contributed by atoms with E-state index in [1.807, 2.05) is 19.2 Å². The van der Waals surface area contributed by atoms with E-state index in [0.717, 1.165) is 6.92 Å². The molecule has 0 radical (unpaired) electrons. The van der Waals surface area contributed by atoms with Crippen molar-refractivity contribution in [1.82, 2.24) is 47.9 Å². The summed E-state index contributed by atoms with van der Waals surface area (Å²) in [6.45, 7) is 13.2. The lowest BCUT2D eigenvalue weighted by molar-refractivity contribution is -0.147. The van der Waals surface area contributed by atoms with Crippen LogP contribution in [0.3, 0.4) is 0 Å². The molecular weight excluding hydrogens is 1000 g/mol. The average Bonchev–Trinajstić information content (AvgIpc) is 3.27. The number of thioether (sulfide) groups is 1. The maximum atomic E-state index is 13.8. The number of hydrogen-bond acceptors (Lipinski definition) is 16. The number of carboxylic acid groups (broad SMARTS) is 4. The zero-order valence-electron chi connectivity index (χ0n) is 43.3. The number of carbonyl (C=O) groups excluding carboxylic acids is 9. The topological polar surface area (TPSA) is 457 Å². The Balaban J connectivity index is 6.40. The van der Waals surface area contributed by atoms with Crippen LogP contribution in [0.5, 0.6) is 0 Å². The lowest BCUT2D eigenvalue weighted by atomic mass is 9.99. The van der Waals surface area contributed by atoms with Crippen LogP contribution in [0, 0.1) is 23.7 Å². The highest BCUT2D eigenvalue weighted by atomic mass is 32.2. The summed E-state index contributed by atoms with van der Waals surface area (Å²) in [5.74, 6) is -17.2. The minimum absolute atomic E-state index is 0.0369. The third kappa shape index (κ3) is 25.4. The van der Waals surface area contributed by atoms with E-state index in [1.54, 1.807) is 20.1 Å². The molecule has 0 saturated heterocycles. The molecule has 9 amide bonds. The number of hydrogen-bond donors (Lipinski definition) is 15. The number of nitrogens with two attached hydrogens (primary N) is 1. The van der Waals surface area contributed by atoms with Gasteiger partial charge in [0.1, 0.15) is 54.4 Å². The van der Waals surface area contributed by atoms with Crippen LogP contribution in [0.2, 0.25) is 0 Å². The van der Waals surface area contributed by atoms with Crippen LogP contribution in [0.4, 0.5) is 0 Å². The van der Waals surface area contributed by atoms with Crippen molar-refractivity contribution in [1.29, 1.82) is 0 Å². The van der Waals surface area contributed by atoms with Gasteiger partial charge in [0.2, 0.25) is 53.2 Å². The Morgan fingerprint density at radius 1 is 0.419 bits per heavy atom. The van der Waals surface area contributed by atoms with Crippen LogP contribution in [-0.2, 0) is 62.3 Å². The number of carboxylic acids is 4. The summed E-state index contributed by atoms with van der Waals surface area (Å²) in [6, 6.07) is -15.6. The molecule has 0 aliphatic heterocycles. The molecule has 0 bridgehead atoms. The maximum absolute atomic E-state index is 13.8. The molecule has 0 unspecified atom stereocenters. The molecule has 74 heavy (non-hydrogen) atoms. The highest BCUT2D eigenvalue weighted by molar-refractivity contribution is 7.98. The molecule has 0 fully saturated rings. The fourth-order valence-electron chi connectivity index (χ4n) is 6.76. The van der Waals surface area contributed by atoms with Gasteiger partial charge in [0.05, 0.1) is 31.9 Å². The third-order valence-electron chi connectivity index (χ3n) is 10.7. The lowest BCUT2D eigenvalue weighted by Crippen LogP contribution is -2.62. The molecule has 0 spiro atoms. The standard InChI is InChI=1S/C45H76N10O18S/c1-19(2)13-24(46)37(64)49-26(14-20(3)4)39(66)48-25(11-12-74-10)38(65)50-27(15-31(57)58)40(67)51-28(16-32(59)60)41(68)54-35(22(7)8)44(71)55-34(21(5)6)43(70)53-30(18-56)42(69)47-23(9)36(63)52-29(45(72)73)17-33(61)62/h19-30,34-35,56H,11-18,46H2,1-10H3,(H,47,69)(H,48,66)(H,49,64)(H,50,65)(H,51,67)(H,52,63)(H,53,70)(H,54,68)(H,55,71)(H,57,58)(H,59,60)(H,61,62)(H,72,73)/t23-,24-,25-,26-,27-,28-,29-,30-,34-,35-/m0/s1. The second-order valence-electron chi connectivity index (χ2n) is 19.0. The summed E-state index contributed by atoms with van der Waals surface area (Å²) >= 11 is 1.29. The monoisotopic (exact) mass is 1080 g/mol. The first-order valence-corrected chi connectivity index (χ1v) is 25.1. The van der Waals surface area contributed by atoms with Gasteiger partial charge in [-0.25, -0.2) is 4.79 Å². The smallest absolute Gasteiger partial charge is 0.326 e. The van der Waals surface area contributed by atoms with E-state index in [2.05, 4.69) is 42.5 Å². The Kier molecular flexibility index (Phi) is 30.3. The van der Waals surface area contributed by atoms with Gasteiger partial charge in [-0.1, -0.05) is 55.4 Å². The van der Waals surface area contributed by atoms with E-state index in [-0.39, 0.29) is 30.4 Å². The molecule has 0 saturated carbocycles. The van der Waals surface area contributed by atoms with Gasteiger partial charge in [0.15, 0.2) is 0 Å². The van der Waals surface area contributed by atoms with Crippen LogP contribution >= 0.6 is 11.8 Å². The zero-order chi connectivity index (χ0) is 57.3. The summed E-state index contributed by atoms with van der Waals surface area (Å²) in [7, 11) is 0. The molecule has 0 aromatic carbocycles. The number of amides is 9. The van der Waals surface area contributed by atoms with Gasteiger partial charge in [-0.15, -0.1) is 0 Å². The van der Waals surface area contributed by atoms with E-state index >= 15 is 0 Å². The van der Waals surface area contributed by atoms with Gasteiger partial charge in [0.25, 0.3) is 0 Å². The molecule has 29 heteroatoms. The highest BCUT2D eigenvalue weighted by Gasteiger charge is 2.37. The van der Waals surface area contributed by atoms with Crippen LogP contribution in [-0.4, -0.2) is 182 Å². The quantitative estimate of drug-likeness (QED) is 0.0291. The fraction of sp³-hybridized carbons (Fsp3) is 0.711. The number of aliphatic carboxylic acids is 4. The predicted molar refractivity (Wildman–Crippen MR) is 264 cm³/mol. The second-order valence-corrected chi connectivity index (χ2v) is 20.0. The van der Waals surface area contributed by atoms with Crippen LogP contribution < -0.4 is 53.6 Å². The summed E-state index contributed by atoms with van der Waals surface area (Å²) in [4.78, 5) is 167. The van der Waals surface area contributed by atoms with E-state index in [4.69, 9.17) is 10.8 Å². The van der Waals surface area contributed by atoms with Crippen molar-refractivity contribution in [3.8, 4) is 0 Å². The first-order valence-electron chi connectivity index (χ1n) is 23.7. The van der Waals surface area contributed by atoms with Crippen LogP contribution in [0.25, 0.3) is 0 Å². The minimum Gasteiger partial charge on any atom is -0.481 e. The number of carbonyl (C=O) groups is 13. The van der Waals surface area contributed by atoms with Gasteiger partial charge in [-0.3, -0.25) is 57.5 Å². The third-order valence-corrected chi connectivity index (χ3v) is 11.4. The van der Waals surface area contributed by atoms with Crippen LogP contribution in [0.1, 0.15) is 101 Å². The summed E-state index contributed by atoms with van der Waals surface area (Å²) in [6.07, 6.45) is -1.07. The normalized spacial score (nSPS) is 15.3. The van der Waals surface area contributed by atoms with Gasteiger partial charge in [0, 0.05) is 0 Å². The Hall–Kier alpha value is -6.62. The molecular formula is C45H76N10O18S. The van der Waals surface area contributed by atoms with Crippen molar-refractivity contribution >= 4 is 88.8 Å². The molecule has 0 aliphatic rings. The molecule has 420 valence electrons. The number of aliphatic hydroxyl groups excluding tert-OH is 1. The van der Waals surface area contributed by atoms with E-state index in [1.165, 1.54) is 39.5 Å². The van der Waals surface area contributed by atoms with Crippen molar-refractivity contribution in [2.45, 2.75) is 161 Å². The Bertz CT molecular complexity index is 2010. The van der Waals surface area contributed by atoms with Gasteiger partial charge < -0.3 is 79.1 Å². The number of aliphatic hydroxyl groups is 1. The van der Waals surface area contributed by atoms with Gasteiger partial charge >= 0.3 is 23.9 Å². The van der Waals surface area contributed by atoms with Crippen molar-refractivity contribution in [3.05, 3.63) is 0 Å². The van der Waals surface area contributed by atoms with Crippen molar-refractivity contribution in [3.63, 3.8) is 0 Å². The Morgan fingerprint density at radius 2 is 0.770 bits per heavy atom. The SMILES string of the molecule is CSCC[C@H](NC(=O)[C@H](CC(C)C)NC(=O)[C@@H](N)CC(C)C)C(=O)N[C@@H](CC(=O)O)C(=O)N[C@@H](CC(=O)O)C(=O)N[C@H](C(=O)N[C@H](C(=O)N[C@@H](CO)C(=O)N[C@@H](C)C(=O)N[C@@H](CC(=O)O)C(=O)O)C(C)C)C(C)C. The Labute approximate surface area is 432 Å². The maximum Gasteiger partial charge on any atom is 0.326 e.